The number of aromatic hydroxyl groups is 1. The highest BCUT2D eigenvalue weighted by Crippen LogP contribution is 2.40. The van der Waals surface area contributed by atoms with Crippen molar-refractivity contribution in [3.63, 3.8) is 0 Å². The minimum Gasteiger partial charge on any atom is -0.488 e. The van der Waals surface area contributed by atoms with Crippen LogP contribution >= 0.6 is 0 Å². The van der Waals surface area contributed by atoms with Gasteiger partial charge in [-0.25, -0.2) is 8.42 Å². The highest BCUT2D eigenvalue weighted by atomic mass is 32.2. The number of para-hydroxylation sites is 1. The van der Waals surface area contributed by atoms with E-state index in [-0.39, 0.29) is 16.1 Å². The number of benzene rings is 2. The van der Waals surface area contributed by atoms with Gasteiger partial charge in [-0.15, -0.1) is 0 Å². The molecular weight excluding hydrogens is 302 g/mol. The molecule has 0 unspecified atom stereocenters. The lowest BCUT2D eigenvalue weighted by molar-refractivity contribution is 0.450. The summed E-state index contributed by atoms with van der Waals surface area (Å²) in [6.45, 7) is 1.85. The second-order valence-corrected chi connectivity index (χ2v) is 6.66. The van der Waals surface area contributed by atoms with Gasteiger partial charge in [-0.05, 0) is 31.2 Å². The molecular formula is C15H12N3O3S+. The van der Waals surface area contributed by atoms with Crippen LogP contribution in [0.5, 0.6) is 5.88 Å². The normalized spacial score (nSPS) is 11.5. The Bertz CT molecular complexity index is 1010. The molecule has 0 bridgehead atoms. The number of aryl methyl sites for hydroxylation is 1. The lowest BCUT2D eigenvalue weighted by Gasteiger charge is -2.08. The molecule has 3 rings (SSSR count). The zero-order chi connectivity index (χ0) is 15.9. The third-order valence-corrected chi connectivity index (χ3v) is 5.16. The molecule has 1 aromatic heterocycles. The number of nitrogens with zero attached hydrogens (tertiary/aromatic N) is 3. The van der Waals surface area contributed by atoms with Crippen LogP contribution in [0.1, 0.15) is 5.56 Å². The lowest BCUT2D eigenvalue weighted by Crippen LogP contribution is -2.12. The smallest absolute Gasteiger partial charge is 0.454 e. The van der Waals surface area contributed by atoms with Crippen LogP contribution in [0.15, 0.2) is 53.4 Å². The summed E-state index contributed by atoms with van der Waals surface area (Å²) < 4.78 is 26.4. The van der Waals surface area contributed by atoms with E-state index in [9.17, 15) is 13.5 Å². The number of hydrogen-bond donors (Lipinski definition) is 1. The first-order valence-corrected chi connectivity index (χ1v) is 7.90. The Labute approximate surface area is 126 Å². The monoisotopic (exact) mass is 314 g/mol. The maximum absolute atomic E-state index is 12.8. The molecule has 3 aromatic rings. The van der Waals surface area contributed by atoms with Gasteiger partial charge >= 0.3 is 11.6 Å². The molecule has 0 aliphatic rings. The van der Waals surface area contributed by atoms with E-state index in [4.69, 9.17) is 5.39 Å². The zero-order valence-corrected chi connectivity index (χ0v) is 12.4. The van der Waals surface area contributed by atoms with Crippen LogP contribution in [0.3, 0.4) is 0 Å². The molecule has 0 saturated carbocycles. The second-order valence-electron chi connectivity index (χ2n) is 4.87. The molecule has 1 heterocycles. The Morgan fingerprint density at radius 2 is 1.73 bits per heavy atom. The third-order valence-electron chi connectivity index (χ3n) is 3.44. The minimum atomic E-state index is -4.01. The van der Waals surface area contributed by atoms with Crippen LogP contribution in [0.4, 0.5) is 5.69 Å². The Morgan fingerprint density at radius 1 is 1.09 bits per heavy atom. The van der Waals surface area contributed by atoms with Gasteiger partial charge in [0.05, 0.1) is 10.4 Å². The predicted molar refractivity (Wildman–Crippen MR) is 82.1 cm³/mol. The predicted octanol–water partition coefficient (Wildman–Crippen LogP) is 3.38. The van der Waals surface area contributed by atoms with E-state index in [2.05, 4.69) is 4.98 Å². The van der Waals surface area contributed by atoms with Gasteiger partial charge in [0.25, 0.3) is 10.0 Å². The van der Waals surface area contributed by atoms with Crippen molar-refractivity contribution >= 4 is 26.6 Å². The highest BCUT2D eigenvalue weighted by Gasteiger charge is 2.33. The first-order valence-electron chi connectivity index (χ1n) is 6.46. The standard InChI is InChI=1S/C15H11N3O3S/c1-10-6-8-11(9-7-10)22(20,21)18-13-5-3-2-4-12(13)14(17-16)15(18)19/h2-9H,1H3/p+1. The average molecular weight is 314 g/mol. The number of aromatic nitrogens is 1. The number of fused-ring (bicyclic) bond motifs is 1. The molecule has 0 atom stereocenters. The fraction of sp³-hybridized carbons (Fsp3) is 0.0667. The molecule has 22 heavy (non-hydrogen) atoms. The molecule has 0 amide bonds. The van der Waals surface area contributed by atoms with Crippen LogP contribution in [-0.4, -0.2) is 17.5 Å². The Balaban J connectivity index is 2.37. The van der Waals surface area contributed by atoms with Crippen LogP contribution in [-0.2, 0) is 10.0 Å². The van der Waals surface area contributed by atoms with Gasteiger partial charge in [-0.2, -0.15) is 3.97 Å². The SMILES string of the molecule is Cc1ccc(S(=O)(=O)n2c(O)c([N+]#N)c3ccccc32)cc1. The summed E-state index contributed by atoms with van der Waals surface area (Å²) in [6, 6.07) is 12.7. The van der Waals surface area contributed by atoms with Crippen molar-refractivity contribution in [2.75, 3.05) is 0 Å². The van der Waals surface area contributed by atoms with Crippen molar-refractivity contribution in [1.82, 2.24) is 3.97 Å². The molecule has 0 saturated heterocycles. The molecule has 0 fully saturated rings. The maximum Gasteiger partial charge on any atom is 0.454 e. The minimum absolute atomic E-state index is 0.0404. The van der Waals surface area contributed by atoms with Crippen LogP contribution in [0.2, 0.25) is 0 Å². The Hall–Kier alpha value is -2.85. The van der Waals surface area contributed by atoms with Crippen molar-refractivity contribution < 1.29 is 13.5 Å². The van der Waals surface area contributed by atoms with Crippen molar-refractivity contribution in [2.45, 2.75) is 11.8 Å². The van der Waals surface area contributed by atoms with Gasteiger partial charge < -0.3 is 5.11 Å². The van der Waals surface area contributed by atoms with E-state index in [1.54, 1.807) is 30.3 Å². The maximum atomic E-state index is 12.8. The molecule has 0 spiro atoms. The van der Waals surface area contributed by atoms with E-state index < -0.39 is 15.9 Å². The number of rotatable bonds is 2. The molecule has 2 aromatic carbocycles. The van der Waals surface area contributed by atoms with Crippen LogP contribution < -0.4 is 0 Å². The molecule has 110 valence electrons. The molecule has 0 aliphatic carbocycles. The number of hydrogen-bond acceptors (Lipinski definition) is 4. The van der Waals surface area contributed by atoms with Crippen LogP contribution in [0, 0.1) is 12.3 Å². The molecule has 0 radical (unpaired) electrons. The van der Waals surface area contributed by atoms with Gasteiger partial charge in [0.1, 0.15) is 5.39 Å². The second kappa shape index (κ2) is 4.86. The first-order chi connectivity index (χ1) is 10.5. The topological polar surface area (TPSA) is 87.4 Å². The van der Waals surface area contributed by atoms with E-state index >= 15 is 0 Å². The quantitative estimate of drug-likeness (QED) is 0.734. The van der Waals surface area contributed by atoms with Gasteiger partial charge in [0, 0.05) is 0 Å². The summed E-state index contributed by atoms with van der Waals surface area (Å²) >= 11 is 0. The van der Waals surface area contributed by atoms with Crippen LogP contribution in [0.25, 0.3) is 15.9 Å². The summed E-state index contributed by atoms with van der Waals surface area (Å²) in [5.74, 6) is -0.621. The van der Waals surface area contributed by atoms with E-state index in [0.29, 0.717) is 5.39 Å². The fourth-order valence-corrected chi connectivity index (χ4v) is 3.76. The molecule has 1 N–H and O–H groups in total. The Morgan fingerprint density at radius 3 is 2.36 bits per heavy atom. The highest BCUT2D eigenvalue weighted by molar-refractivity contribution is 7.90. The zero-order valence-electron chi connectivity index (χ0n) is 11.6. The fourth-order valence-electron chi connectivity index (χ4n) is 2.34. The lowest BCUT2D eigenvalue weighted by atomic mass is 10.2. The summed E-state index contributed by atoms with van der Waals surface area (Å²) in [4.78, 5) is 3.05. The van der Waals surface area contributed by atoms with Crippen molar-refractivity contribution in [3.05, 3.63) is 59.1 Å². The summed E-state index contributed by atoms with van der Waals surface area (Å²) in [7, 11) is -4.01. The average Bonchev–Trinajstić information content (AvgIpc) is 2.79. The van der Waals surface area contributed by atoms with Crippen molar-refractivity contribution in [2.24, 2.45) is 0 Å². The van der Waals surface area contributed by atoms with E-state index in [1.165, 1.54) is 18.2 Å². The third kappa shape index (κ3) is 1.93. The summed E-state index contributed by atoms with van der Waals surface area (Å²) in [5.41, 5.74) is 0.992. The molecule has 0 aliphatic heterocycles. The van der Waals surface area contributed by atoms with E-state index in [1.807, 2.05) is 6.92 Å². The van der Waals surface area contributed by atoms with Crippen molar-refractivity contribution in [1.29, 1.82) is 5.39 Å². The molecule has 6 nitrogen and oxygen atoms in total. The molecule has 7 heteroatoms. The summed E-state index contributed by atoms with van der Waals surface area (Å²) in [6.07, 6.45) is 0. The van der Waals surface area contributed by atoms with E-state index in [0.717, 1.165) is 9.54 Å². The van der Waals surface area contributed by atoms with Gasteiger partial charge in [-0.1, -0.05) is 29.8 Å². The Kier molecular flexibility index (Phi) is 3.11. The first kappa shape index (κ1) is 14.1. The van der Waals surface area contributed by atoms with Crippen molar-refractivity contribution in [3.8, 4) is 5.88 Å². The largest absolute Gasteiger partial charge is 0.488 e. The number of diazo groups is 1. The van der Waals surface area contributed by atoms with Gasteiger partial charge in [-0.3, -0.25) is 0 Å². The van der Waals surface area contributed by atoms with Gasteiger partial charge in [0.15, 0.2) is 4.98 Å². The summed E-state index contributed by atoms with van der Waals surface area (Å²) in [5, 5.41) is 19.6. The van der Waals surface area contributed by atoms with Gasteiger partial charge in [0.2, 0.25) is 5.39 Å².